The minimum Gasteiger partial charge on any atom is -0.337 e. The first-order chi connectivity index (χ1) is 8.02. The number of hydrogen-bond acceptors (Lipinski definition) is 1. The van der Waals surface area contributed by atoms with Crippen LogP contribution in [0.1, 0.15) is 19.3 Å². The van der Waals surface area contributed by atoms with Crippen molar-refractivity contribution >= 4 is 17.5 Å². The molecule has 1 amide bonds. The molecule has 0 aromatic carbocycles. The van der Waals surface area contributed by atoms with Gasteiger partial charge in [-0.1, -0.05) is 0 Å². The van der Waals surface area contributed by atoms with Gasteiger partial charge in [-0.2, -0.15) is 26.3 Å². The van der Waals surface area contributed by atoms with Crippen molar-refractivity contribution in [3.05, 3.63) is 0 Å². The van der Waals surface area contributed by atoms with Gasteiger partial charge < -0.3 is 4.90 Å². The largest absolute Gasteiger partial charge is 0.395 e. The Kier molecular flexibility index (Phi) is 4.10. The Labute approximate surface area is 104 Å². The summed E-state index contributed by atoms with van der Waals surface area (Å²) < 4.78 is 76.6. The van der Waals surface area contributed by atoms with E-state index in [0.717, 1.165) is 0 Å². The highest BCUT2D eigenvalue weighted by Gasteiger charge is 2.75. The van der Waals surface area contributed by atoms with E-state index in [9.17, 15) is 31.1 Å². The number of halogens is 7. The molecule has 2 nitrogen and oxygen atoms in total. The minimum absolute atomic E-state index is 0.154. The topological polar surface area (TPSA) is 20.3 Å². The van der Waals surface area contributed by atoms with E-state index in [1.165, 1.54) is 0 Å². The maximum Gasteiger partial charge on any atom is 0.395 e. The number of carbonyl (C=O) groups is 1. The summed E-state index contributed by atoms with van der Waals surface area (Å²) in [5.41, 5.74) is 0. The van der Waals surface area contributed by atoms with Crippen LogP contribution in [0.25, 0.3) is 0 Å². The average molecular weight is 298 g/mol. The van der Waals surface area contributed by atoms with Crippen LogP contribution in [0.3, 0.4) is 0 Å². The zero-order chi connectivity index (χ0) is 14.2. The second kappa shape index (κ2) is 4.79. The van der Waals surface area contributed by atoms with Crippen molar-refractivity contribution in [1.82, 2.24) is 4.90 Å². The zero-order valence-electron chi connectivity index (χ0n) is 9.04. The Morgan fingerprint density at radius 2 is 1.39 bits per heavy atom. The molecule has 0 aromatic rings. The summed E-state index contributed by atoms with van der Waals surface area (Å²) in [6, 6.07) is 0. The van der Waals surface area contributed by atoms with Crippen LogP contribution in [0.5, 0.6) is 0 Å². The van der Waals surface area contributed by atoms with E-state index >= 15 is 0 Å². The molecule has 0 saturated carbocycles. The van der Waals surface area contributed by atoms with Crippen LogP contribution in [0, 0.1) is 0 Å². The fourth-order valence-electron chi connectivity index (χ4n) is 1.61. The maximum absolute atomic E-state index is 13.2. The number of alkyl halides is 7. The number of hydrogen-bond donors (Lipinski definition) is 0. The SMILES string of the molecule is O=C(N1CCCCC1)C(F)(F)C(F)(F)C(F)(F)Cl. The number of amides is 1. The van der Waals surface area contributed by atoms with Gasteiger partial charge in [-0.25, -0.2) is 0 Å². The Bertz CT molecular complexity index is 324. The van der Waals surface area contributed by atoms with Crippen molar-refractivity contribution in [3.8, 4) is 0 Å². The molecule has 1 heterocycles. The second-order valence-electron chi connectivity index (χ2n) is 4.00. The number of piperidine rings is 1. The van der Waals surface area contributed by atoms with Gasteiger partial charge in [0, 0.05) is 13.1 Å². The van der Waals surface area contributed by atoms with Crippen LogP contribution < -0.4 is 0 Å². The summed E-state index contributed by atoms with van der Waals surface area (Å²) in [4.78, 5) is 11.7. The van der Waals surface area contributed by atoms with Gasteiger partial charge in [0.2, 0.25) is 0 Å². The summed E-state index contributed by atoms with van der Waals surface area (Å²) >= 11 is 3.96. The number of nitrogens with zero attached hydrogens (tertiary/aromatic N) is 1. The lowest BCUT2D eigenvalue weighted by Crippen LogP contribution is -2.60. The number of carbonyl (C=O) groups excluding carboxylic acids is 1. The standard InChI is InChI=1S/C9H10ClF6NO/c10-9(15,16)8(13,14)7(11,12)6(18)17-4-2-1-3-5-17/h1-5H2. The fraction of sp³-hybridized carbons (Fsp3) is 0.889. The highest BCUT2D eigenvalue weighted by molar-refractivity contribution is 6.22. The summed E-state index contributed by atoms with van der Waals surface area (Å²) in [5.74, 6) is -13.8. The molecule has 1 aliphatic rings. The molecule has 0 aromatic heterocycles. The smallest absolute Gasteiger partial charge is 0.337 e. The Morgan fingerprint density at radius 1 is 0.944 bits per heavy atom. The van der Waals surface area contributed by atoms with Gasteiger partial charge in [0.15, 0.2) is 0 Å². The molecule has 0 bridgehead atoms. The van der Waals surface area contributed by atoms with Gasteiger partial charge in [-0.3, -0.25) is 4.79 Å². The van der Waals surface area contributed by atoms with Crippen molar-refractivity contribution < 1.29 is 31.1 Å². The van der Waals surface area contributed by atoms with E-state index in [0.29, 0.717) is 24.2 Å². The molecule has 1 fully saturated rings. The van der Waals surface area contributed by atoms with Gasteiger partial charge in [0.25, 0.3) is 5.91 Å². The predicted octanol–water partition coefficient (Wildman–Crippen LogP) is 3.10. The first-order valence-electron chi connectivity index (χ1n) is 5.13. The van der Waals surface area contributed by atoms with E-state index in [1.54, 1.807) is 0 Å². The molecule has 0 radical (unpaired) electrons. The summed E-state index contributed by atoms with van der Waals surface area (Å²) in [6.07, 6.45) is 1.40. The molecule has 0 N–H and O–H groups in total. The lowest BCUT2D eigenvalue weighted by molar-refractivity contribution is -0.273. The highest BCUT2D eigenvalue weighted by Crippen LogP contribution is 2.48. The zero-order valence-corrected chi connectivity index (χ0v) is 9.79. The average Bonchev–Trinajstić information content (AvgIpc) is 2.27. The fourth-order valence-corrected chi connectivity index (χ4v) is 1.73. The lowest BCUT2D eigenvalue weighted by atomic mass is 10.1. The van der Waals surface area contributed by atoms with E-state index in [2.05, 4.69) is 11.6 Å². The molecule has 9 heteroatoms. The second-order valence-corrected chi connectivity index (χ2v) is 4.47. The van der Waals surface area contributed by atoms with Crippen molar-refractivity contribution in [1.29, 1.82) is 0 Å². The molecular formula is C9H10ClF6NO. The van der Waals surface area contributed by atoms with Crippen molar-refractivity contribution in [2.45, 2.75) is 36.5 Å². The molecule has 0 spiro atoms. The quantitative estimate of drug-likeness (QED) is 0.579. The predicted molar refractivity (Wildman–Crippen MR) is 51.1 cm³/mol. The molecule has 0 aliphatic carbocycles. The first-order valence-corrected chi connectivity index (χ1v) is 5.51. The van der Waals surface area contributed by atoms with Crippen LogP contribution in [-0.4, -0.2) is 41.1 Å². The van der Waals surface area contributed by atoms with E-state index in [4.69, 9.17) is 0 Å². The van der Waals surface area contributed by atoms with Gasteiger partial charge in [0.05, 0.1) is 0 Å². The van der Waals surface area contributed by atoms with Gasteiger partial charge in [0.1, 0.15) is 0 Å². The van der Waals surface area contributed by atoms with Gasteiger partial charge >= 0.3 is 17.2 Å². The summed E-state index contributed by atoms with van der Waals surface area (Å²) in [5, 5.41) is -5.50. The maximum atomic E-state index is 13.2. The van der Waals surface area contributed by atoms with Crippen LogP contribution in [0.2, 0.25) is 0 Å². The van der Waals surface area contributed by atoms with Crippen LogP contribution >= 0.6 is 11.6 Å². The number of rotatable bonds is 3. The van der Waals surface area contributed by atoms with Gasteiger partial charge in [-0.15, -0.1) is 0 Å². The molecule has 0 atom stereocenters. The lowest BCUT2D eigenvalue weighted by Gasteiger charge is -2.34. The molecule has 18 heavy (non-hydrogen) atoms. The van der Waals surface area contributed by atoms with Crippen LogP contribution in [0.4, 0.5) is 26.3 Å². The third-order valence-electron chi connectivity index (χ3n) is 2.66. The molecule has 0 unspecified atom stereocenters. The van der Waals surface area contributed by atoms with Crippen molar-refractivity contribution in [3.63, 3.8) is 0 Å². The van der Waals surface area contributed by atoms with Crippen molar-refractivity contribution in [2.24, 2.45) is 0 Å². The van der Waals surface area contributed by atoms with Crippen molar-refractivity contribution in [2.75, 3.05) is 13.1 Å². The molecular weight excluding hydrogens is 288 g/mol. The summed E-state index contributed by atoms with van der Waals surface area (Å²) in [6.45, 7) is -0.309. The van der Waals surface area contributed by atoms with E-state index in [-0.39, 0.29) is 13.1 Å². The Balaban J connectivity index is 2.94. The third-order valence-corrected chi connectivity index (χ3v) is 2.90. The van der Waals surface area contributed by atoms with E-state index < -0.39 is 23.1 Å². The highest BCUT2D eigenvalue weighted by atomic mass is 35.5. The van der Waals surface area contributed by atoms with Gasteiger partial charge in [-0.05, 0) is 30.9 Å². The molecule has 1 rings (SSSR count). The first kappa shape index (κ1) is 15.4. The molecule has 106 valence electrons. The van der Waals surface area contributed by atoms with Crippen LogP contribution in [-0.2, 0) is 4.79 Å². The molecule has 1 saturated heterocycles. The van der Waals surface area contributed by atoms with E-state index in [1.807, 2.05) is 0 Å². The Morgan fingerprint density at radius 3 is 1.78 bits per heavy atom. The molecule has 1 aliphatic heterocycles. The number of likely N-dealkylation sites (tertiary alicyclic amines) is 1. The Hall–Kier alpha value is -0.660. The third kappa shape index (κ3) is 2.53. The minimum atomic E-state index is -5.93. The van der Waals surface area contributed by atoms with Crippen LogP contribution in [0.15, 0.2) is 0 Å². The monoisotopic (exact) mass is 297 g/mol. The normalized spacial score (nSPS) is 18.9. The summed E-state index contributed by atoms with van der Waals surface area (Å²) in [7, 11) is 0.